The number of carbonyl (C=O) groups excluding carboxylic acids is 2. The zero-order valence-corrected chi connectivity index (χ0v) is 16.9. The van der Waals surface area contributed by atoms with Gasteiger partial charge in [0.1, 0.15) is 11.3 Å². The molecular weight excluding hydrogens is 386 g/mol. The zero-order chi connectivity index (χ0) is 20.5. The third-order valence-corrected chi connectivity index (χ3v) is 6.59. The Morgan fingerprint density at radius 1 is 1.32 bits per heavy atom. The number of rotatable bonds is 6. The number of esters is 1. The molecule has 1 saturated heterocycles. The van der Waals surface area contributed by atoms with E-state index in [0.29, 0.717) is 29.9 Å². The van der Waals surface area contributed by atoms with Crippen molar-refractivity contribution in [3.8, 4) is 5.75 Å². The maximum atomic E-state index is 12.3. The first-order chi connectivity index (χ1) is 13.1. The summed E-state index contributed by atoms with van der Waals surface area (Å²) >= 11 is 0. The fourth-order valence-electron chi connectivity index (χ4n) is 3.33. The number of nitrogens with one attached hydrogen (secondary N) is 1. The molecule has 0 radical (unpaired) electrons. The van der Waals surface area contributed by atoms with Crippen molar-refractivity contribution in [1.82, 2.24) is 5.32 Å². The minimum Gasteiger partial charge on any atom is -0.494 e. The summed E-state index contributed by atoms with van der Waals surface area (Å²) in [6, 6.07) is 5.23. The van der Waals surface area contributed by atoms with Gasteiger partial charge in [0.2, 0.25) is 5.76 Å². The number of hydrogen-bond donors (Lipinski definition) is 1. The Kier molecular flexibility index (Phi) is 5.38. The summed E-state index contributed by atoms with van der Waals surface area (Å²) in [4.78, 5) is 24.4. The molecule has 1 atom stereocenters. The van der Waals surface area contributed by atoms with Crippen molar-refractivity contribution in [3.63, 3.8) is 0 Å². The Bertz CT molecular complexity index is 1020. The Morgan fingerprint density at radius 3 is 2.71 bits per heavy atom. The van der Waals surface area contributed by atoms with Gasteiger partial charge in [-0.05, 0) is 45.4 Å². The van der Waals surface area contributed by atoms with Gasteiger partial charge in [0.25, 0.3) is 5.91 Å². The molecule has 1 fully saturated rings. The second kappa shape index (κ2) is 7.46. The molecule has 0 spiro atoms. The van der Waals surface area contributed by atoms with Crippen LogP contribution in [0.5, 0.6) is 5.75 Å². The number of hydrogen-bond acceptors (Lipinski definition) is 7. The first-order valence-electron chi connectivity index (χ1n) is 8.97. The smallest absolute Gasteiger partial charge is 0.375 e. The van der Waals surface area contributed by atoms with Gasteiger partial charge < -0.3 is 19.2 Å². The number of fused-ring (bicyclic) bond motifs is 1. The second-order valence-electron chi connectivity index (χ2n) is 7.17. The van der Waals surface area contributed by atoms with Gasteiger partial charge >= 0.3 is 5.97 Å². The van der Waals surface area contributed by atoms with Crippen molar-refractivity contribution >= 4 is 32.7 Å². The molecule has 2 heterocycles. The Labute approximate surface area is 163 Å². The molecule has 1 aliphatic rings. The molecule has 1 aromatic heterocycles. The van der Waals surface area contributed by atoms with E-state index in [1.54, 1.807) is 32.0 Å². The Balaban J connectivity index is 1.65. The fraction of sp³-hybridized carbons (Fsp3) is 0.474. The van der Waals surface area contributed by atoms with Gasteiger partial charge in [-0.2, -0.15) is 0 Å². The van der Waals surface area contributed by atoms with E-state index in [2.05, 4.69) is 5.32 Å². The van der Waals surface area contributed by atoms with Crippen LogP contribution in [0.4, 0.5) is 0 Å². The number of furan rings is 1. The molecule has 0 saturated carbocycles. The Hall–Kier alpha value is -2.55. The molecule has 8 nitrogen and oxygen atoms in total. The van der Waals surface area contributed by atoms with Gasteiger partial charge in [0.15, 0.2) is 16.4 Å². The topological polar surface area (TPSA) is 112 Å². The van der Waals surface area contributed by atoms with Crippen LogP contribution in [0, 0.1) is 6.92 Å². The summed E-state index contributed by atoms with van der Waals surface area (Å²) in [5, 5.41) is 3.37. The lowest BCUT2D eigenvalue weighted by atomic mass is 10.0. The minimum absolute atomic E-state index is 0.0195. The molecule has 152 valence electrons. The third-order valence-electron chi connectivity index (χ3n) is 4.68. The lowest BCUT2D eigenvalue weighted by molar-refractivity contribution is -0.125. The van der Waals surface area contributed by atoms with Crippen LogP contribution in [-0.2, 0) is 19.4 Å². The highest BCUT2D eigenvalue weighted by atomic mass is 32.2. The van der Waals surface area contributed by atoms with E-state index in [-0.39, 0.29) is 17.3 Å². The maximum absolute atomic E-state index is 12.3. The van der Waals surface area contributed by atoms with Crippen LogP contribution in [0.15, 0.2) is 22.6 Å². The van der Waals surface area contributed by atoms with E-state index in [9.17, 15) is 18.0 Å². The number of sulfone groups is 1. The number of aryl methyl sites for hydroxylation is 1. The zero-order valence-electron chi connectivity index (χ0n) is 16.0. The van der Waals surface area contributed by atoms with E-state index in [4.69, 9.17) is 13.9 Å². The van der Waals surface area contributed by atoms with Gasteiger partial charge in [0, 0.05) is 10.9 Å². The van der Waals surface area contributed by atoms with E-state index in [1.807, 2.05) is 6.92 Å². The summed E-state index contributed by atoms with van der Waals surface area (Å²) < 4.78 is 39.3. The minimum atomic E-state index is -3.15. The molecule has 1 amide bonds. The monoisotopic (exact) mass is 409 g/mol. The van der Waals surface area contributed by atoms with Crippen molar-refractivity contribution in [3.05, 3.63) is 29.5 Å². The number of benzene rings is 1. The van der Waals surface area contributed by atoms with Crippen LogP contribution in [0.25, 0.3) is 11.0 Å². The van der Waals surface area contributed by atoms with Gasteiger partial charge in [-0.1, -0.05) is 0 Å². The molecule has 1 aliphatic heterocycles. The second-order valence-corrected chi connectivity index (χ2v) is 9.36. The van der Waals surface area contributed by atoms with Crippen molar-refractivity contribution in [1.29, 1.82) is 0 Å². The summed E-state index contributed by atoms with van der Waals surface area (Å²) in [5.74, 6) is -0.717. The van der Waals surface area contributed by atoms with Crippen molar-refractivity contribution in [2.75, 3.05) is 24.7 Å². The predicted molar refractivity (Wildman–Crippen MR) is 102 cm³/mol. The van der Waals surface area contributed by atoms with Crippen LogP contribution in [0.2, 0.25) is 0 Å². The average Bonchev–Trinajstić information content (AvgIpc) is 3.09. The first-order valence-corrected chi connectivity index (χ1v) is 10.8. The molecule has 1 N–H and O–H groups in total. The first kappa shape index (κ1) is 20.2. The van der Waals surface area contributed by atoms with Gasteiger partial charge in [-0.3, -0.25) is 4.79 Å². The average molecular weight is 409 g/mol. The summed E-state index contributed by atoms with van der Waals surface area (Å²) in [6.45, 7) is 5.27. The molecule has 0 aliphatic carbocycles. The molecule has 1 aromatic carbocycles. The lowest BCUT2D eigenvalue weighted by Gasteiger charge is -2.23. The van der Waals surface area contributed by atoms with Gasteiger partial charge in [-0.15, -0.1) is 0 Å². The van der Waals surface area contributed by atoms with Crippen molar-refractivity contribution in [2.24, 2.45) is 0 Å². The molecule has 0 unspecified atom stereocenters. The number of amides is 1. The highest BCUT2D eigenvalue weighted by Crippen LogP contribution is 2.29. The fourth-order valence-corrected chi connectivity index (χ4v) is 5.42. The largest absolute Gasteiger partial charge is 0.494 e. The summed E-state index contributed by atoms with van der Waals surface area (Å²) in [7, 11) is -3.15. The number of ether oxygens (including phenoxy) is 2. The van der Waals surface area contributed by atoms with Crippen LogP contribution < -0.4 is 10.1 Å². The highest BCUT2D eigenvalue weighted by molar-refractivity contribution is 7.91. The molecule has 2 aromatic rings. The lowest BCUT2D eigenvalue weighted by Crippen LogP contribution is -2.48. The van der Waals surface area contributed by atoms with E-state index >= 15 is 0 Å². The highest BCUT2D eigenvalue weighted by Gasteiger charge is 2.39. The molecule has 3 rings (SSSR count). The quantitative estimate of drug-likeness (QED) is 0.726. The molecular formula is C19H23NO7S. The molecule has 0 bridgehead atoms. The Morgan fingerprint density at radius 2 is 2.07 bits per heavy atom. The number of carbonyl (C=O) groups is 2. The van der Waals surface area contributed by atoms with E-state index < -0.39 is 33.9 Å². The summed E-state index contributed by atoms with van der Waals surface area (Å²) in [5.41, 5.74) is 0.268. The van der Waals surface area contributed by atoms with Gasteiger partial charge in [-0.25, -0.2) is 13.2 Å². The van der Waals surface area contributed by atoms with Gasteiger partial charge in [0.05, 0.1) is 23.7 Å². The van der Waals surface area contributed by atoms with Crippen LogP contribution in [0.1, 0.15) is 36.4 Å². The van der Waals surface area contributed by atoms with Crippen LogP contribution in [-0.4, -0.2) is 50.6 Å². The van der Waals surface area contributed by atoms with Crippen LogP contribution >= 0.6 is 0 Å². The normalized spacial score (nSPS) is 20.8. The van der Waals surface area contributed by atoms with Crippen molar-refractivity contribution in [2.45, 2.75) is 32.7 Å². The third kappa shape index (κ3) is 4.30. The van der Waals surface area contributed by atoms with E-state index in [1.165, 1.54) is 0 Å². The molecule has 28 heavy (non-hydrogen) atoms. The SMILES string of the molecule is CCOc1ccc2oc(C(=O)OCC(=O)N[C@@]3(C)CCS(=O)(=O)C3)c(C)c2c1. The maximum Gasteiger partial charge on any atom is 0.375 e. The predicted octanol–water partition coefficient (Wildman–Crippen LogP) is 1.99. The van der Waals surface area contributed by atoms with E-state index in [0.717, 1.165) is 5.39 Å². The van der Waals surface area contributed by atoms with Crippen LogP contribution in [0.3, 0.4) is 0 Å². The molecule has 9 heteroatoms. The standard InChI is InChI=1S/C19H23NO7S/c1-4-25-13-5-6-15-14(9-13)12(2)17(27-15)18(22)26-10-16(21)20-19(3)7-8-28(23,24)11-19/h5-6,9H,4,7-8,10-11H2,1-3H3,(H,20,21)/t19-/m0/s1. The summed E-state index contributed by atoms with van der Waals surface area (Å²) in [6.07, 6.45) is 0.333. The van der Waals surface area contributed by atoms with Crippen molar-refractivity contribution < 1.29 is 31.9 Å².